The summed E-state index contributed by atoms with van der Waals surface area (Å²) in [5, 5.41) is 3.73. The first-order chi connectivity index (χ1) is 14.4. The molecule has 0 aromatic heterocycles. The summed E-state index contributed by atoms with van der Waals surface area (Å²) in [4.78, 5) is 27.4. The standard InChI is InChI=1S/C23H28Cl2N2O2S/c1-4-21(23(29)26-5-2)27(13-17-10-11-19(24)20(25)12-17)22(28)15-30-14-18-9-7-6-8-16(18)3/h6-12,21H,4-5,13-15H2,1-3H3,(H,26,29)/t21-/m0/s1. The highest BCUT2D eigenvalue weighted by atomic mass is 35.5. The van der Waals surface area contributed by atoms with Crippen LogP contribution in [0.25, 0.3) is 0 Å². The molecule has 0 bridgehead atoms. The summed E-state index contributed by atoms with van der Waals surface area (Å²) < 4.78 is 0. The van der Waals surface area contributed by atoms with Crippen LogP contribution in [0.3, 0.4) is 0 Å². The van der Waals surface area contributed by atoms with Crippen LogP contribution in [0.4, 0.5) is 0 Å². The minimum Gasteiger partial charge on any atom is -0.355 e. The summed E-state index contributed by atoms with van der Waals surface area (Å²) in [6, 6.07) is 12.9. The molecule has 0 aliphatic heterocycles. The van der Waals surface area contributed by atoms with Gasteiger partial charge in [0, 0.05) is 18.8 Å². The summed E-state index contributed by atoms with van der Waals surface area (Å²) >= 11 is 13.7. The van der Waals surface area contributed by atoms with Gasteiger partial charge in [-0.2, -0.15) is 0 Å². The van der Waals surface area contributed by atoms with E-state index in [2.05, 4.69) is 24.4 Å². The molecule has 0 unspecified atom stereocenters. The Labute approximate surface area is 193 Å². The van der Waals surface area contributed by atoms with E-state index in [0.717, 1.165) is 11.3 Å². The Morgan fingerprint density at radius 3 is 2.47 bits per heavy atom. The van der Waals surface area contributed by atoms with Crippen molar-refractivity contribution >= 4 is 46.8 Å². The van der Waals surface area contributed by atoms with Crippen molar-refractivity contribution < 1.29 is 9.59 Å². The second-order valence-corrected chi connectivity index (χ2v) is 8.81. The zero-order chi connectivity index (χ0) is 22.1. The predicted molar refractivity (Wildman–Crippen MR) is 127 cm³/mol. The molecule has 0 saturated carbocycles. The van der Waals surface area contributed by atoms with Gasteiger partial charge >= 0.3 is 0 Å². The van der Waals surface area contributed by atoms with E-state index in [1.54, 1.807) is 28.8 Å². The van der Waals surface area contributed by atoms with Crippen molar-refractivity contribution in [2.24, 2.45) is 0 Å². The van der Waals surface area contributed by atoms with E-state index in [1.165, 1.54) is 11.1 Å². The number of nitrogens with one attached hydrogen (secondary N) is 1. The maximum atomic E-state index is 13.1. The second-order valence-electron chi connectivity index (χ2n) is 7.01. The Bertz CT molecular complexity index is 876. The van der Waals surface area contributed by atoms with Crippen molar-refractivity contribution in [3.05, 3.63) is 69.2 Å². The average molecular weight is 467 g/mol. The lowest BCUT2D eigenvalue weighted by Crippen LogP contribution is -2.49. The van der Waals surface area contributed by atoms with Crippen LogP contribution in [-0.2, 0) is 21.9 Å². The third-order valence-corrected chi connectivity index (χ3v) is 6.52. The van der Waals surface area contributed by atoms with Gasteiger partial charge in [-0.3, -0.25) is 9.59 Å². The van der Waals surface area contributed by atoms with E-state index in [1.807, 2.05) is 32.0 Å². The topological polar surface area (TPSA) is 49.4 Å². The van der Waals surface area contributed by atoms with E-state index in [9.17, 15) is 9.59 Å². The molecule has 0 spiro atoms. The molecule has 0 aliphatic rings. The lowest BCUT2D eigenvalue weighted by molar-refractivity contribution is -0.139. The Morgan fingerprint density at radius 1 is 1.10 bits per heavy atom. The van der Waals surface area contributed by atoms with E-state index >= 15 is 0 Å². The quantitative estimate of drug-likeness (QED) is 0.504. The summed E-state index contributed by atoms with van der Waals surface area (Å²) in [6.45, 7) is 6.67. The normalized spacial score (nSPS) is 11.8. The number of carbonyl (C=O) groups is 2. The third-order valence-electron chi connectivity index (χ3n) is 4.82. The van der Waals surface area contributed by atoms with Crippen molar-refractivity contribution in [2.75, 3.05) is 12.3 Å². The number of carbonyl (C=O) groups excluding carboxylic acids is 2. The first kappa shape index (κ1) is 24.6. The number of halogens is 2. The average Bonchev–Trinajstić information content (AvgIpc) is 2.72. The number of nitrogens with zero attached hydrogens (tertiary/aromatic N) is 1. The fourth-order valence-corrected chi connectivity index (χ4v) is 4.46. The van der Waals surface area contributed by atoms with Crippen LogP contribution >= 0.6 is 35.0 Å². The van der Waals surface area contributed by atoms with E-state index < -0.39 is 6.04 Å². The number of hydrogen-bond acceptors (Lipinski definition) is 3. The highest BCUT2D eigenvalue weighted by Crippen LogP contribution is 2.25. The lowest BCUT2D eigenvalue weighted by Gasteiger charge is -2.30. The molecule has 1 atom stereocenters. The molecule has 0 heterocycles. The first-order valence-corrected chi connectivity index (χ1v) is 11.9. The van der Waals surface area contributed by atoms with E-state index in [-0.39, 0.29) is 11.8 Å². The molecule has 4 nitrogen and oxygen atoms in total. The van der Waals surface area contributed by atoms with Crippen LogP contribution in [0.5, 0.6) is 0 Å². The SMILES string of the molecule is CCNC(=O)[C@H](CC)N(Cc1ccc(Cl)c(Cl)c1)C(=O)CSCc1ccccc1C. The summed E-state index contributed by atoms with van der Waals surface area (Å²) in [5.74, 6) is 0.831. The van der Waals surface area contributed by atoms with Gasteiger partial charge in [0.1, 0.15) is 6.04 Å². The first-order valence-electron chi connectivity index (χ1n) is 10.0. The number of amides is 2. The second kappa shape index (κ2) is 12.2. The van der Waals surface area contributed by atoms with Gasteiger partial charge in [-0.1, -0.05) is 60.5 Å². The maximum absolute atomic E-state index is 13.1. The molecule has 0 fully saturated rings. The zero-order valence-corrected chi connectivity index (χ0v) is 19.9. The van der Waals surface area contributed by atoms with Crippen molar-refractivity contribution in [3.8, 4) is 0 Å². The minimum absolute atomic E-state index is 0.0715. The highest BCUT2D eigenvalue weighted by Gasteiger charge is 2.28. The molecule has 2 aromatic carbocycles. The molecular weight excluding hydrogens is 439 g/mol. The zero-order valence-electron chi connectivity index (χ0n) is 17.6. The van der Waals surface area contributed by atoms with Gasteiger partial charge in [-0.15, -0.1) is 11.8 Å². The van der Waals surface area contributed by atoms with E-state index in [0.29, 0.717) is 35.3 Å². The van der Waals surface area contributed by atoms with Gasteiger partial charge in [0.15, 0.2) is 0 Å². The van der Waals surface area contributed by atoms with Crippen molar-refractivity contribution in [3.63, 3.8) is 0 Å². The van der Waals surface area contributed by atoms with Gasteiger partial charge in [0.2, 0.25) is 11.8 Å². The Hall–Kier alpha value is -1.69. The molecule has 2 rings (SSSR count). The smallest absolute Gasteiger partial charge is 0.242 e. The van der Waals surface area contributed by atoms with Gasteiger partial charge in [0.05, 0.1) is 15.8 Å². The highest BCUT2D eigenvalue weighted by molar-refractivity contribution is 7.99. The van der Waals surface area contributed by atoms with Crippen LogP contribution in [0.2, 0.25) is 10.0 Å². The summed E-state index contributed by atoms with van der Waals surface area (Å²) in [7, 11) is 0. The third kappa shape index (κ3) is 6.93. The molecule has 2 aromatic rings. The van der Waals surface area contributed by atoms with Crippen molar-refractivity contribution in [1.29, 1.82) is 0 Å². The van der Waals surface area contributed by atoms with Gasteiger partial charge in [-0.05, 0) is 49.1 Å². The van der Waals surface area contributed by atoms with Crippen molar-refractivity contribution in [1.82, 2.24) is 10.2 Å². The van der Waals surface area contributed by atoms with Gasteiger partial charge in [-0.25, -0.2) is 0 Å². The Kier molecular flexibility index (Phi) is 10.0. The molecule has 162 valence electrons. The number of likely N-dealkylation sites (N-methyl/N-ethyl adjacent to an activating group) is 1. The van der Waals surface area contributed by atoms with Crippen LogP contribution in [0, 0.1) is 6.92 Å². The molecule has 30 heavy (non-hydrogen) atoms. The van der Waals surface area contributed by atoms with Gasteiger partial charge < -0.3 is 10.2 Å². The Balaban J connectivity index is 2.15. The minimum atomic E-state index is -0.536. The van der Waals surface area contributed by atoms with Crippen LogP contribution in [0.15, 0.2) is 42.5 Å². The van der Waals surface area contributed by atoms with Crippen LogP contribution in [0.1, 0.15) is 37.0 Å². The number of aryl methyl sites for hydroxylation is 1. The fraction of sp³-hybridized carbons (Fsp3) is 0.391. The van der Waals surface area contributed by atoms with E-state index in [4.69, 9.17) is 23.2 Å². The predicted octanol–water partition coefficient (Wildman–Crippen LogP) is 5.48. The molecule has 0 aliphatic carbocycles. The molecular formula is C23H28Cl2N2O2S. The number of thioether (sulfide) groups is 1. The number of benzene rings is 2. The largest absolute Gasteiger partial charge is 0.355 e. The molecule has 2 amide bonds. The maximum Gasteiger partial charge on any atom is 0.242 e. The van der Waals surface area contributed by atoms with Crippen LogP contribution in [-0.4, -0.2) is 35.1 Å². The number of hydrogen-bond donors (Lipinski definition) is 1. The lowest BCUT2D eigenvalue weighted by atomic mass is 10.1. The molecule has 0 radical (unpaired) electrons. The van der Waals surface area contributed by atoms with Crippen LogP contribution < -0.4 is 5.32 Å². The fourth-order valence-electron chi connectivity index (χ4n) is 3.15. The Morgan fingerprint density at radius 2 is 1.83 bits per heavy atom. The molecule has 7 heteroatoms. The molecule has 1 N–H and O–H groups in total. The monoisotopic (exact) mass is 466 g/mol. The summed E-state index contributed by atoms with van der Waals surface area (Å²) in [5.41, 5.74) is 3.25. The molecule has 0 saturated heterocycles. The van der Waals surface area contributed by atoms with Gasteiger partial charge in [0.25, 0.3) is 0 Å². The number of rotatable bonds is 10. The summed E-state index contributed by atoms with van der Waals surface area (Å²) in [6.07, 6.45) is 0.529. The van der Waals surface area contributed by atoms with Crippen molar-refractivity contribution in [2.45, 2.75) is 45.5 Å².